The van der Waals surface area contributed by atoms with Crippen LogP contribution in [0.3, 0.4) is 0 Å². The monoisotopic (exact) mass is 253 g/mol. The number of hydrogen-bond donors (Lipinski definition) is 0. The van der Waals surface area contributed by atoms with Gasteiger partial charge in [-0.05, 0) is 36.9 Å². The smallest absolute Gasteiger partial charge is 0.255 e. The van der Waals surface area contributed by atoms with Crippen molar-refractivity contribution in [3.8, 4) is 0 Å². The molecule has 1 rings (SSSR count). The second-order valence-electron chi connectivity index (χ2n) is 3.71. The van der Waals surface area contributed by atoms with Crippen LogP contribution in [0.4, 0.5) is 0 Å². The molecule has 0 aliphatic rings. The fraction of sp³-hybridized carbons (Fsp3) is 0.462. The standard InChI is InChI=1S/C13H19NO2S/c1-4-9-14(10-16-2)13(15)11-5-7-12(17-3)8-6-11/h5-8H,4,9-10H2,1-3H3. The van der Waals surface area contributed by atoms with E-state index in [1.165, 1.54) is 0 Å². The van der Waals surface area contributed by atoms with E-state index in [4.69, 9.17) is 4.74 Å². The lowest BCUT2D eigenvalue weighted by molar-refractivity contribution is 0.0418. The molecule has 1 aromatic carbocycles. The number of nitrogens with zero attached hydrogens (tertiary/aromatic N) is 1. The molecule has 0 unspecified atom stereocenters. The molecular weight excluding hydrogens is 234 g/mol. The number of methoxy groups -OCH3 is 1. The molecule has 0 spiro atoms. The highest BCUT2D eigenvalue weighted by molar-refractivity contribution is 7.98. The Morgan fingerprint density at radius 3 is 2.47 bits per heavy atom. The van der Waals surface area contributed by atoms with Gasteiger partial charge in [0.2, 0.25) is 0 Å². The molecule has 94 valence electrons. The molecule has 0 aliphatic carbocycles. The van der Waals surface area contributed by atoms with Crippen molar-refractivity contribution in [1.29, 1.82) is 0 Å². The highest BCUT2D eigenvalue weighted by Crippen LogP contribution is 2.16. The number of amides is 1. The largest absolute Gasteiger partial charge is 0.364 e. The summed E-state index contributed by atoms with van der Waals surface area (Å²) in [6, 6.07) is 7.67. The fourth-order valence-corrected chi connectivity index (χ4v) is 1.97. The van der Waals surface area contributed by atoms with Crippen LogP contribution in [0.25, 0.3) is 0 Å². The van der Waals surface area contributed by atoms with E-state index in [1.807, 2.05) is 37.4 Å². The van der Waals surface area contributed by atoms with Gasteiger partial charge < -0.3 is 9.64 Å². The molecule has 0 saturated heterocycles. The lowest BCUT2D eigenvalue weighted by Crippen LogP contribution is -2.33. The van der Waals surface area contributed by atoms with Gasteiger partial charge >= 0.3 is 0 Å². The first-order valence-electron chi connectivity index (χ1n) is 5.65. The summed E-state index contributed by atoms with van der Waals surface area (Å²) < 4.78 is 5.05. The minimum absolute atomic E-state index is 0.0290. The quantitative estimate of drug-likeness (QED) is 0.577. The van der Waals surface area contributed by atoms with Crippen molar-refractivity contribution in [3.63, 3.8) is 0 Å². The first kappa shape index (κ1) is 14.1. The zero-order valence-corrected chi connectivity index (χ0v) is 11.4. The van der Waals surface area contributed by atoms with Crippen molar-refractivity contribution >= 4 is 17.7 Å². The van der Waals surface area contributed by atoms with Gasteiger partial charge in [-0.25, -0.2) is 0 Å². The average molecular weight is 253 g/mol. The number of rotatable bonds is 6. The van der Waals surface area contributed by atoms with Crippen LogP contribution in [-0.4, -0.2) is 37.4 Å². The van der Waals surface area contributed by atoms with E-state index >= 15 is 0 Å². The van der Waals surface area contributed by atoms with Gasteiger partial charge in [0.15, 0.2) is 0 Å². The van der Waals surface area contributed by atoms with Crippen molar-refractivity contribution < 1.29 is 9.53 Å². The molecular formula is C13H19NO2S. The van der Waals surface area contributed by atoms with E-state index in [1.54, 1.807) is 23.8 Å². The molecule has 0 N–H and O–H groups in total. The van der Waals surface area contributed by atoms with Crippen LogP contribution in [0.2, 0.25) is 0 Å². The van der Waals surface area contributed by atoms with Crippen molar-refractivity contribution in [2.24, 2.45) is 0 Å². The molecule has 1 aromatic rings. The molecule has 1 amide bonds. The third kappa shape index (κ3) is 4.06. The minimum Gasteiger partial charge on any atom is -0.364 e. The SMILES string of the molecule is CCCN(COC)C(=O)c1ccc(SC)cc1. The molecule has 0 aromatic heterocycles. The topological polar surface area (TPSA) is 29.5 Å². The Hall–Kier alpha value is -1.00. The maximum absolute atomic E-state index is 12.2. The van der Waals surface area contributed by atoms with E-state index in [0.717, 1.165) is 17.9 Å². The van der Waals surface area contributed by atoms with E-state index in [0.29, 0.717) is 12.3 Å². The van der Waals surface area contributed by atoms with Crippen molar-refractivity contribution in [2.75, 3.05) is 26.6 Å². The van der Waals surface area contributed by atoms with Gasteiger partial charge in [-0.3, -0.25) is 4.79 Å². The predicted octanol–water partition coefficient (Wildman–Crippen LogP) is 2.86. The Balaban J connectivity index is 2.77. The summed E-state index contributed by atoms with van der Waals surface area (Å²) in [5.74, 6) is 0.0290. The zero-order chi connectivity index (χ0) is 12.7. The predicted molar refractivity (Wildman–Crippen MR) is 71.4 cm³/mol. The second kappa shape index (κ2) is 7.35. The fourth-order valence-electron chi connectivity index (χ4n) is 1.57. The van der Waals surface area contributed by atoms with E-state index in [9.17, 15) is 4.79 Å². The summed E-state index contributed by atoms with van der Waals surface area (Å²) >= 11 is 1.67. The molecule has 0 aliphatic heterocycles. The van der Waals surface area contributed by atoms with Crippen LogP contribution in [0, 0.1) is 0 Å². The summed E-state index contributed by atoms with van der Waals surface area (Å²) in [6.07, 6.45) is 2.95. The van der Waals surface area contributed by atoms with Crippen LogP contribution in [0.5, 0.6) is 0 Å². The minimum atomic E-state index is 0.0290. The number of benzene rings is 1. The normalized spacial score (nSPS) is 10.3. The third-order valence-corrected chi connectivity index (χ3v) is 3.15. The lowest BCUT2D eigenvalue weighted by atomic mass is 10.2. The molecule has 0 bridgehead atoms. The van der Waals surface area contributed by atoms with Crippen molar-refractivity contribution in [1.82, 2.24) is 4.90 Å². The summed E-state index contributed by atoms with van der Waals surface area (Å²) in [7, 11) is 1.60. The molecule has 17 heavy (non-hydrogen) atoms. The molecule has 0 saturated carbocycles. The maximum Gasteiger partial charge on any atom is 0.255 e. The zero-order valence-electron chi connectivity index (χ0n) is 10.6. The average Bonchev–Trinajstić information content (AvgIpc) is 2.38. The number of thioether (sulfide) groups is 1. The summed E-state index contributed by atoms with van der Waals surface area (Å²) in [5.41, 5.74) is 0.716. The number of carbonyl (C=O) groups excluding carboxylic acids is 1. The Morgan fingerprint density at radius 2 is 2.00 bits per heavy atom. The molecule has 3 nitrogen and oxygen atoms in total. The third-order valence-electron chi connectivity index (χ3n) is 2.40. The summed E-state index contributed by atoms with van der Waals surface area (Å²) in [4.78, 5) is 15.0. The van der Waals surface area contributed by atoms with Gasteiger partial charge in [0.1, 0.15) is 6.73 Å². The van der Waals surface area contributed by atoms with E-state index < -0.39 is 0 Å². The van der Waals surface area contributed by atoms with Gasteiger partial charge in [-0.2, -0.15) is 0 Å². The van der Waals surface area contributed by atoms with Gasteiger partial charge in [-0.1, -0.05) is 6.92 Å². The van der Waals surface area contributed by atoms with Crippen LogP contribution in [0.15, 0.2) is 29.2 Å². The molecule has 0 heterocycles. The van der Waals surface area contributed by atoms with Crippen LogP contribution in [-0.2, 0) is 4.74 Å². The summed E-state index contributed by atoms with van der Waals surface area (Å²) in [5, 5.41) is 0. The van der Waals surface area contributed by atoms with Gasteiger partial charge in [-0.15, -0.1) is 11.8 Å². The van der Waals surface area contributed by atoms with Crippen molar-refractivity contribution in [3.05, 3.63) is 29.8 Å². The Bertz CT molecular complexity index is 345. The number of carbonyl (C=O) groups is 1. The molecule has 0 radical (unpaired) electrons. The van der Waals surface area contributed by atoms with Gasteiger partial charge in [0.05, 0.1) is 0 Å². The van der Waals surface area contributed by atoms with Crippen molar-refractivity contribution in [2.45, 2.75) is 18.2 Å². The highest BCUT2D eigenvalue weighted by atomic mass is 32.2. The first-order valence-corrected chi connectivity index (χ1v) is 6.87. The molecule has 0 fully saturated rings. The Morgan fingerprint density at radius 1 is 1.35 bits per heavy atom. The van der Waals surface area contributed by atoms with E-state index in [2.05, 4.69) is 0 Å². The summed E-state index contributed by atoms with van der Waals surface area (Å²) in [6.45, 7) is 3.11. The van der Waals surface area contributed by atoms with Gasteiger partial charge in [0.25, 0.3) is 5.91 Å². The number of hydrogen-bond acceptors (Lipinski definition) is 3. The van der Waals surface area contributed by atoms with Gasteiger partial charge in [0, 0.05) is 24.1 Å². The lowest BCUT2D eigenvalue weighted by Gasteiger charge is -2.21. The highest BCUT2D eigenvalue weighted by Gasteiger charge is 2.14. The number of ether oxygens (including phenoxy) is 1. The van der Waals surface area contributed by atoms with E-state index in [-0.39, 0.29) is 5.91 Å². The first-order chi connectivity index (χ1) is 8.22. The maximum atomic E-state index is 12.2. The van der Waals surface area contributed by atoms with Crippen LogP contribution in [0.1, 0.15) is 23.7 Å². The molecule has 0 atom stereocenters. The Labute approximate surface area is 107 Å². The molecule has 4 heteroatoms. The Kier molecular flexibility index (Phi) is 6.08. The second-order valence-corrected chi connectivity index (χ2v) is 4.59. The van der Waals surface area contributed by atoms with Crippen LogP contribution >= 0.6 is 11.8 Å². The van der Waals surface area contributed by atoms with Crippen LogP contribution < -0.4 is 0 Å².